The number of ether oxygens (including phenoxy) is 1. The Bertz CT molecular complexity index is 238. The standard InChI is InChI=1S/C12H22N2O/c1-12(13,9-2-3-9)8-14-6-10-4-5-11(7-14)15-10/h9-11H,2-8,13H2,1H3. The minimum Gasteiger partial charge on any atom is -0.372 e. The average Bonchev–Trinajstić information content (AvgIpc) is 2.93. The normalized spacial score (nSPS) is 40.4. The van der Waals surface area contributed by atoms with Crippen molar-refractivity contribution in [3.05, 3.63) is 0 Å². The maximum Gasteiger partial charge on any atom is 0.0707 e. The van der Waals surface area contributed by atoms with Gasteiger partial charge in [0, 0.05) is 25.2 Å². The van der Waals surface area contributed by atoms with Crippen LogP contribution in [0, 0.1) is 5.92 Å². The molecule has 3 atom stereocenters. The summed E-state index contributed by atoms with van der Waals surface area (Å²) in [7, 11) is 0. The van der Waals surface area contributed by atoms with Crippen LogP contribution in [-0.4, -0.2) is 42.3 Å². The van der Waals surface area contributed by atoms with E-state index < -0.39 is 0 Å². The van der Waals surface area contributed by atoms with Crippen molar-refractivity contribution in [3.63, 3.8) is 0 Å². The molecule has 0 aromatic rings. The Hall–Kier alpha value is -0.120. The summed E-state index contributed by atoms with van der Waals surface area (Å²) >= 11 is 0. The van der Waals surface area contributed by atoms with Gasteiger partial charge in [-0.2, -0.15) is 0 Å². The number of rotatable bonds is 3. The molecule has 3 fully saturated rings. The van der Waals surface area contributed by atoms with Crippen LogP contribution in [0.25, 0.3) is 0 Å². The molecule has 3 nitrogen and oxygen atoms in total. The summed E-state index contributed by atoms with van der Waals surface area (Å²) in [6, 6.07) is 0. The summed E-state index contributed by atoms with van der Waals surface area (Å²) in [6.45, 7) is 5.50. The zero-order valence-corrected chi connectivity index (χ0v) is 9.61. The number of hydrogen-bond donors (Lipinski definition) is 1. The zero-order valence-electron chi connectivity index (χ0n) is 9.61. The van der Waals surface area contributed by atoms with Crippen LogP contribution >= 0.6 is 0 Å². The Morgan fingerprint density at radius 1 is 1.20 bits per heavy atom. The monoisotopic (exact) mass is 210 g/mol. The third-order valence-corrected chi connectivity index (χ3v) is 4.19. The molecule has 2 bridgehead atoms. The first kappa shape index (κ1) is 10.1. The molecule has 3 unspecified atom stereocenters. The predicted molar refractivity (Wildman–Crippen MR) is 59.7 cm³/mol. The fourth-order valence-electron chi connectivity index (χ4n) is 3.18. The minimum atomic E-state index is 0.0385. The first-order valence-electron chi connectivity index (χ1n) is 6.30. The van der Waals surface area contributed by atoms with Gasteiger partial charge in [-0.25, -0.2) is 0 Å². The molecule has 0 radical (unpaired) electrons. The first-order valence-corrected chi connectivity index (χ1v) is 6.30. The fourth-order valence-corrected chi connectivity index (χ4v) is 3.18. The zero-order chi connectivity index (χ0) is 10.5. The van der Waals surface area contributed by atoms with Crippen molar-refractivity contribution in [2.45, 2.75) is 50.4 Å². The molecule has 0 spiro atoms. The molecule has 15 heavy (non-hydrogen) atoms. The molecular formula is C12H22N2O. The molecule has 0 aromatic carbocycles. The van der Waals surface area contributed by atoms with Gasteiger partial charge in [0.2, 0.25) is 0 Å². The SMILES string of the molecule is CC(N)(CN1CC2CCC(C1)O2)C1CC1. The van der Waals surface area contributed by atoms with Gasteiger partial charge in [-0.3, -0.25) is 4.90 Å². The van der Waals surface area contributed by atoms with Crippen molar-refractivity contribution in [2.24, 2.45) is 11.7 Å². The molecule has 2 heterocycles. The number of nitrogens with zero attached hydrogens (tertiary/aromatic N) is 1. The molecular weight excluding hydrogens is 188 g/mol. The van der Waals surface area contributed by atoms with E-state index in [0.29, 0.717) is 12.2 Å². The van der Waals surface area contributed by atoms with E-state index in [1.54, 1.807) is 0 Å². The van der Waals surface area contributed by atoms with Crippen molar-refractivity contribution in [3.8, 4) is 0 Å². The van der Waals surface area contributed by atoms with Gasteiger partial charge in [0.05, 0.1) is 12.2 Å². The fraction of sp³-hybridized carbons (Fsp3) is 1.00. The van der Waals surface area contributed by atoms with Crippen LogP contribution in [0.5, 0.6) is 0 Å². The largest absolute Gasteiger partial charge is 0.372 e. The Labute approximate surface area is 91.9 Å². The first-order chi connectivity index (χ1) is 7.13. The van der Waals surface area contributed by atoms with Crippen LogP contribution in [0.4, 0.5) is 0 Å². The van der Waals surface area contributed by atoms with Crippen molar-refractivity contribution in [2.75, 3.05) is 19.6 Å². The molecule has 0 aromatic heterocycles. The lowest BCUT2D eigenvalue weighted by Gasteiger charge is -2.37. The molecule has 1 saturated carbocycles. The summed E-state index contributed by atoms with van der Waals surface area (Å²) in [6.07, 6.45) is 6.18. The lowest BCUT2D eigenvalue weighted by Crippen LogP contribution is -2.54. The second kappa shape index (κ2) is 3.44. The van der Waals surface area contributed by atoms with Gasteiger partial charge in [-0.05, 0) is 38.5 Å². The number of likely N-dealkylation sites (tertiary alicyclic amines) is 1. The van der Waals surface area contributed by atoms with E-state index >= 15 is 0 Å². The number of hydrogen-bond acceptors (Lipinski definition) is 3. The van der Waals surface area contributed by atoms with Gasteiger partial charge in [-0.1, -0.05) is 0 Å². The summed E-state index contributed by atoms with van der Waals surface area (Å²) < 4.78 is 5.84. The highest BCUT2D eigenvalue weighted by Crippen LogP contribution is 2.39. The maximum atomic E-state index is 6.38. The number of fused-ring (bicyclic) bond motifs is 2. The van der Waals surface area contributed by atoms with E-state index in [-0.39, 0.29) is 5.54 Å². The van der Waals surface area contributed by atoms with E-state index in [0.717, 1.165) is 25.6 Å². The Morgan fingerprint density at radius 3 is 2.33 bits per heavy atom. The molecule has 3 rings (SSSR count). The van der Waals surface area contributed by atoms with Crippen LogP contribution < -0.4 is 5.73 Å². The summed E-state index contributed by atoms with van der Waals surface area (Å²) in [5.74, 6) is 0.776. The smallest absolute Gasteiger partial charge is 0.0707 e. The quantitative estimate of drug-likeness (QED) is 0.754. The highest BCUT2D eigenvalue weighted by molar-refractivity contribution is 4.99. The van der Waals surface area contributed by atoms with Crippen LogP contribution in [-0.2, 0) is 4.74 Å². The molecule has 2 N–H and O–H groups in total. The number of morpholine rings is 1. The predicted octanol–water partition coefficient (Wildman–Crippen LogP) is 0.977. The van der Waals surface area contributed by atoms with Gasteiger partial charge in [0.1, 0.15) is 0 Å². The second-order valence-electron chi connectivity index (χ2n) is 5.93. The molecule has 2 saturated heterocycles. The Balaban J connectivity index is 1.59. The lowest BCUT2D eigenvalue weighted by molar-refractivity contribution is -0.0443. The van der Waals surface area contributed by atoms with Crippen molar-refractivity contribution >= 4 is 0 Å². The van der Waals surface area contributed by atoms with E-state index in [1.165, 1.54) is 25.7 Å². The van der Waals surface area contributed by atoms with Crippen molar-refractivity contribution < 1.29 is 4.74 Å². The third-order valence-electron chi connectivity index (χ3n) is 4.19. The Kier molecular flexibility index (Phi) is 2.31. The van der Waals surface area contributed by atoms with Crippen LogP contribution in [0.3, 0.4) is 0 Å². The van der Waals surface area contributed by atoms with E-state index in [9.17, 15) is 0 Å². The van der Waals surface area contributed by atoms with Gasteiger partial charge in [0.25, 0.3) is 0 Å². The highest BCUT2D eigenvalue weighted by Gasteiger charge is 2.42. The molecule has 2 aliphatic heterocycles. The van der Waals surface area contributed by atoms with Crippen molar-refractivity contribution in [1.29, 1.82) is 0 Å². The molecule has 0 amide bonds. The minimum absolute atomic E-state index is 0.0385. The molecule has 86 valence electrons. The maximum absolute atomic E-state index is 6.38. The van der Waals surface area contributed by atoms with Gasteiger partial charge in [-0.15, -0.1) is 0 Å². The van der Waals surface area contributed by atoms with Crippen molar-refractivity contribution in [1.82, 2.24) is 4.90 Å². The molecule has 3 aliphatic rings. The third kappa shape index (κ3) is 2.05. The lowest BCUT2D eigenvalue weighted by atomic mass is 9.96. The van der Waals surface area contributed by atoms with Crippen LogP contribution in [0.2, 0.25) is 0 Å². The van der Waals surface area contributed by atoms with Gasteiger partial charge >= 0.3 is 0 Å². The van der Waals surface area contributed by atoms with E-state index in [1.807, 2.05) is 0 Å². The topological polar surface area (TPSA) is 38.5 Å². The highest BCUT2D eigenvalue weighted by atomic mass is 16.5. The summed E-state index contributed by atoms with van der Waals surface area (Å²) in [5.41, 5.74) is 6.42. The van der Waals surface area contributed by atoms with Crippen LogP contribution in [0.15, 0.2) is 0 Å². The number of nitrogens with two attached hydrogens (primary N) is 1. The molecule has 3 heteroatoms. The summed E-state index contributed by atoms with van der Waals surface area (Å²) in [5, 5.41) is 0. The van der Waals surface area contributed by atoms with E-state index in [2.05, 4.69) is 11.8 Å². The second-order valence-corrected chi connectivity index (χ2v) is 5.93. The summed E-state index contributed by atoms with van der Waals surface area (Å²) in [4.78, 5) is 2.53. The van der Waals surface area contributed by atoms with Crippen LogP contribution in [0.1, 0.15) is 32.6 Å². The van der Waals surface area contributed by atoms with E-state index in [4.69, 9.17) is 10.5 Å². The van der Waals surface area contributed by atoms with Gasteiger partial charge in [0.15, 0.2) is 0 Å². The van der Waals surface area contributed by atoms with Gasteiger partial charge < -0.3 is 10.5 Å². The molecule has 1 aliphatic carbocycles. The average molecular weight is 210 g/mol. The Morgan fingerprint density at radius 2 is 1.80 bits per heavy atom.